The molecular formula is C26H34Cl4N2O3. The van der Waals surface area contributed by atoms with Crippen LogP contribution < -0.4 is 4.74 Å². The number of carbonyl (C=O) groups is 1. The SMILES string of the molecule is Cl.Cl.O=C(O)[C@H](Cc1ccccc1)N1CCC(CN2CCC(Oc3ccc(Cl)c(Cl)c3)CC2)CC1. The first kappa shape index (κ1) is 30.0. The number of piperidine rings is 2. The van der Waals surface area contributed by atoms with Gasteiger partial charge in [0.15, 0.2) is 0 Å². The number of likely N-dealkylation sites (tertiary alicyclic amines) is 2. The Hall–Kier alpha value is -1.21. The molecule has 0 aromatic heterocycles. The first-order valence-corrected chi connectivity index (χ1v) is 12.6. The third kappa shape index (κ3) is 8.70. The number of ether oxygens (including phenoxy) is 1. The molecule has 2 aromatic carbocycles. The fraction of sp³-hybridized carbons (Fsp3) is 0.500. The van der Waals surface area contributed by atoms with E-state index in [0.717, 1.165) is 69.7 Å². The van der Waals surface area contributed by atoms with Crippen LogP contribution in [0.15, 0.2) is 48.5 Å². The van der Waals surface area contributed by atoms with Crippen molar-refractivity contribution in [2.45, 2.75) is 44.2 Å². The summed E-state index contributed by atoms with van der Waals surface area (Å²) < 4.78 is 6.11. The van der Waals surface area contributed by atoms with Gasteiger partial charge in [0.1, 0.15) is 17.9 Å². The lowest BCUT2D eigenvalue weighted by molar-refractivity contribution is -0.144. The first-order chi connectivity index (χ1) is 16.0. The van der Waals surface area contributed by atoms with Gasteiger partial charge in [-0.3, -0.25) is 9.69 Å². The van der Waals surface area contributed by atoms with Gasteiger partial charge in [0.25, 0.3) is 0 Å². The minimum absolute atomic E-state index is 0. The number of carboxylic acid groups (broad SMARTS) is 1. The second-order valence-corrected chi connectivity index (χ2v) is 10.0. The molecule has 1 N–H and O–H groups in total. The topological polar surface area (TPSA) is 53.0 Å². The number of halogens is 4. The van der Waals surface area contributed by atoms with Gasteiger partial charge in [0, 0.05) is 25.7 Å². The second kappa shape index (κ2) is 14.5. The standard InChI is InChI=1S/C26H32Cl2N2O3.2ClH/c27-23-7-6-22(17-24(23)28)33-21-10-12-29(13-11-21)18-20-8-14-30(15-9-20)25(26(31)32)16-19-4-2-1-3-5-19;;/h1-7,17,20-21,25H,8-16,18H2,(H,31,32);2*1H/t25-;;/m0../s1. The molecule has 1 atom stereocenters. The van der Waals surface area contributed by atoms with E-state index < -0.39 is 12.0 Å². The molecule has 2 aliphatic heterocycles. The Bertz CT molecular complexity index is 918. The van der Waals surface area contributed by atoms with Gasteiger partial charge < -0.3 is 14.7 Å². The van der Waals surface area contributed by atoms with E-state index in [0.29, 0.717) is 22.4 Å². The number of nitrogens with zero attached hydrogens (tertiary/aromatic N) is 2. The van der Waals surface area contributed by atoms with E-state index in [1.165, 1.54) is 0 Å². The molecule has 2 aliphatic rings. The molecule has 0 saturated carbocycles. The predicted molar refractivity (Wildman–Crippen MR) is 147 cm³/mol. The Balaban J connectivity index is 0.00000216. The van der Waals surface area contributed by atoms with Crippen molar-refractivity contribution in [2.75, 3.05) is 32.7 Å². The highest BCUT2D eigenvalue weighted by Gasteiger charge is 2.31. The number of aliphatic carboxylic acids is 1. The van der Waals surface area contributed by atoms with E-state index in [1.54, 1.807) is 12.1 Å². The summed E-state index contributed by atoms with van der Waals surface area (Å²) in [6, 6.07) is 14.9. The van der Waals surface area contributed by atoms with Gasteiger partial charge in [-0.2, -0.15) is 0 Å². The van der Waals surface area contributed by atoms with E-state index in [9.17, 15) is 9.90 Å². The van der Waals surface area contributed by atoms with Gasteiger partial charge in [-0.05, 0) is 68.8 Å². The first-order valence-electron chi connectivity index (χ1n) is 11.8. The van der Waals surface area contributed by atoms with Crippen molar-refractivity contribution in [3.63, 3.8) is 0 Å². The van der Waals surface area contributed by atoms with Crippen molar-refractivity contribution < 1.29 is 14.6 Å². The number of benzene rings is 2. The number of rotatable bonds is 8. The Morgan fingerprint density at radius 3 is 2.20 bits per heavy atom. The quantitative estimate of drug-likeness (QED) is 0.421. The van der Waals surface area contributed by atoms with Crippen LogP contribution in [0.5, 0.6) is 5.75 Å². The number of hydrogen-bond acceptors (Lipinski definition) is 4. The molecule has 0 spiro atoms. The maximum Gasteiger partial charge on any atom is 0.321 e. The van der Waals surface area contributed by atoms with Crippen LogP contribution in [0.2, 0.25) is 10.0 Å². The van der Waals surface area contributed by atoms with Crippen molar-refractivity contribution in [2.24, 2.45) is 5.92 Å². The van der Waals surface area contributed by atoms with Gasteiger partial charge in [-0.1, -0.05) is 53.5 Å². The smallest absolute Gasteiger partial charge is 0.321 e. The monoisotopic (exact) mass is 562 g/mol. The summed E-state index contributed by atoms with van der Waals surface area (Å²) in [5.74, 6) is 0.681. The number of carboxylic acids is 1. The average Bonchev–Trinajstić information content (AvgIpc) is 2.82. The van der Waals surface area contributed by atoms with E-state index >= 15 is 0 Å². The van der Waals surface area contributed by atoms with Crippen molar-refractivity contribution >= 4 is 54.0 Å². The summed E-state index contributed by atoms with van der Waals surface area (Å²) in [6.07, 6.45) is 4.87. The van der Waals surface area contributed by atoms with Crippen LogP contribution >= 0.6 is 48.0 Å². The molecule has 0 bridgehead atoms. The van der Waals surface area contributed by atoms with Crippen molar-refractivity contribution in [1.29, 1.82) is 0 Å². The molecule has 194 valence electrons. The molecule has 0 aliphatic carbocycles. The molecule has 2 heterocycles. The molecule has 0 unspecified atom stereocenters. The fourth-order valence-corrected chi connectivity index (χ4v) is 5.26. The molecule has 2 fully saturated rings. The summed E-state index contributed by atoms with van der Waals surface area (Å²) in [4.78, 5) is 16.6. The minimum Gasteiger partial charge on any atom is -0.490 e. The largest absolute Gasteiger partial charge is 0.490 e. The van der Waals surface area contributed by atoms with Gasteiger partial charge >= 0.3 is 5.97 Å². The summed E-state index contributed by atoms with van der Waals surface area (Å²) in [5, 5.41) is 10.9. The van der Waals surface area contributed by atoms with Crippen LogP contribution in [-0.4, -0.2) is 65.7 Å². The molecule has 2 aromatic rings. The lowest BCUT2D eigenvalue weighted by Crippen LogP contribution is -2.48. The van der Waals surface area contributed by atoms with E-state index in [2.05, 4.69) is 9.80 Å². The molecule has 9 heteroatoms. The zero-order valence-corrected chi connectivity index (χ0v) is 22.8. The summed E-state index contributed by atoms with van der Waals surface area (Å²) in [5.41, 5.74) is 1.08. The van der Waals surface area contributed by atoms with Gasteiger partial charge in [0.2, 0.25) is 0 Å². The van der Waals surface area contributed by atoms with E-state index in [4.69, 9.17) is 27.9 Å². The van der Waals surface area contributed by atoms with Crippen LogP contribution in [0, 0.1) is 5.92 Å². The predicted octanol–water partition coefficient (Wildman–Crippen LogP) is 6.09. The molecule has 0 amide bonds. The van der Waals surface area contributed by atoms with E-state index in [1.807, 2.05) is 36.4 Å². The minimum atomic E-state index is -0.721. The van der Waals surface area contributed by atoms with Crippen LogP contribution in [0.25, 0.3) is 0 Å². The van der Waals surface area contributed by atoms with Gasteiger partial charge in [-0.15, -0.1) is 24.8 Å². The Labute approximate surface area is 230 Å². The number of hydrogen-bond donors (Lipinski definition) is 1. The normalized spacial score (nSPS) is 18.8. The zero-order valence-electron chi connectivity index (χ0n) is 19.7. The van der Waals surface area contributed by atoms with Crippen molar-refractivity contribution in [1.82, 2.24) is 9.80 Å². The Kier molecular flexibility index (Phi) is 12.4. The lowest BCUT2D eigenvalue weighted by Gasteiger charge is -2.39. The van der Waals surface area contributed by atoms with Crippen LogP contribution in [-0.2, 0) is 11.2 Å². The molecule has 35 heavy (non-hydrogen) atoms. The molecule has 5 nitrogen and oxygen atoms in total. The van der Waals surface area contributed by atoms with Gasteiger partial charge in [-0.25, -0.2) is 0 Å². The van der Waals surface area contributed by atoms with Crippen molar-refractivity contribution in [3.8, 4) is 5.75 Å². The Morgan fingerprint density at radius 2 is 1.60 bits per heavy atom. The molecular weight excluding hydrogens is 530 g/mol. The van der Waals surface area contributed by atoms with Crippen LogP contribution in [0.4, 0.5) is 0 Å². The molecule has 2 saturated heterocycles. The summed E-state index contributed by atoms with van der Waals surface area (Å²) >= 11 is 12.1. The highest BCUT2D eigenvalue weighted by Crippen LogP contribution is 2.29. The zero-order chi connectivity index (χ0) is 23.2. The van der Waals surface area contributed by atoms with E-state index in [-0.39, 0.29) is 30.9 Å². The van der Waals surface area contributed by atoms with Gasteiger partial charge in [0.05, 0.1) is 10.0 Å². The highest BCUT2D eigenvalue weighted by molar-refractivity contribution is 6.42. The summed E-state index contributed by atoms with van der Waals surface area (Å²) in [6.45, 7) is 4.84. The third-order valence-corrected chi connectivity index (χ3v) is 7.63. The Morgan fingerprint density at radius 1 is 0.943 bits per heavy atom. The van der Waals surface area contributed by atoms with Crippen LogP contribution in [0.3, 0.4) is 0 Å². The van der Waals surface area contributed by atoms with Crippen molar-refractivity contribution in [3.05, 3.63) is 64.1 Å². The maximum atomic E-state index is 11.9. The fourth-order valence-electron chi connectivity index (χ4n) is 4.97. The molecule has 4 rings (SSSR count). The summed E-state index contributed by atoms with van der Waals surface area (Å²) in [7, 11) is 0. The maximum absolute atomic E-state index is 11.9. The van der Waals surface area contributed by atoms with Crippen LogP contribution in [0.1, 0.15) is 31.2 Å². The highest BCUT2D eigenvalue weighted by atomic mass is 35.5. The lowest BCUT2D eigenvalue weighted by atomic mass is 9.93. The third-order valence-electron chi connectivity index (χ3n) is 6.89. The second-order valence-electron chi connectivity index (χ2n) is 9.22. The average molecular weight is 564 g/mol. The molecule has 0 radical (unpaired) electrons.